The van der Waals surface area contributed by atoms with Gasteiger partial charge in [-0.25, -0.2) is 14.6 Å². The molecule has 2 atom stereocenters. The maximum Gasteiger partial charge on any atom is 0.419 e. The molecular formula is C28H26F3N7. The van der Waals surface area contributed by atoms with Crippen molar-refractivity contribution in [3.8, 4) is 5.69 Å². The Kier molecular flexibility index (Phi) is 4.61. The van der Waals surface area contributed by atoms with Crippen LogP contribution in [0.25, 0.3) is 11.3 Å². The number of rotatable bonds is 2. The summed E-state index contributed by atoms with van der Waals surface area (Å²) in [6.07, 6.45) is 4.83. The van der Waals surface area contributed by atoms with Crippen LogP contribution in [0.15, 0.2) is 53.4 Å². The van der Waals surface area contributed by atoms with Gasteiger partial charge in [0.2, 0.25) is 5.95 Å². The third kappa shape index (κ3) is 3.03. The Labute approximate surface area is 217 Å². The van der Waals surface area contributed by atoms with Gasteiger partial charge in [-0.3, -0.25) is 4.99 Å². The molecule has 7 nitrogen and oxygen atoms in total. The monoisotopic (exact) mass is 517 g/mol. The first-order chi connectivity index (χ1) is 18.1. The summed E-state index contributed by atoms with van der Waals surface area (Å²) in [5.74, 6) is 0.278. The van der Waals surface area contributed by atoms with Gasteiger partial charge in [-0.05, 0) is 43.7 Å². The van der Waals surface area contributed by atoms with E-state index in [4.69, 9.17) is 10.1 Å². The lowest BCUT2D eigenvalue weighted by atomic mass is 9.71. The molecule has 2 aromatic heterocycles. The maximum absolute atomic E-state index is 13.1. The van der Waals surface area contributed by atoms with Crippen molar-refractivity contribution < 1.29 is 13.2 Å². The standard InChI is InChI=1S/C28H26F3N7/c1-4-16-6-5-7-18-22-20-8-10-34-26(20,2)15-35-27(22,3)24-19-14-37(11-9-21(19)36-38(24)23(16)18)25-32-12-17(13-33-25)28(29,30)31/h5-8,10,12-13,15,34H,4,9,11,14H2,1-3H3. The third-order valence-corrected chi connectivity index (χ3v) is 8.26. The van der Waals surface area contributed by atoms with Gasteiger partial charge in [0, 0.05) is 54.8 Å². The smallest absolute Gasteiger partial charge is 0.377 e. The lowest BCUT2D eigenvalue weighted by Crippen LogP contribution is -2.46. The van der Waals surface area contributed by atoms with Crippen LogP contribution < -0.4 is 10.2 Å². The van der Waals surface area contributed by atoms with E-state index in [1.807, 2.05) is 17.3 Å². The molecule has 1 aromatic carbocycles. The predicted octanol–water partition coefficient (Wildman–Crippen LogP) is 4.75. The summed E-state index contributed by atoms with van der Waals surface area (Å²) < 4.78 is 41.3. The molecule has 0 saturated carbocycles. The van der Waals surface area contributed by atoms with Crippen molar-refractivity contribution >= 4 is 17.7 Å². The summed E-state index contributed by atoms with van der Waals surface area (Å²) in [5.41, 5.74) is 6.84. The van der Waals surface area contributed by atoms with Gasteiger partial charge in [-0.2, -0.15) is 18.3 Å². The number of anilines is 1. The average Bonchev–Trinajstić information content (AvgIpc) is 3.48. The molecule has 0 fully saturated rings. The van der Waals surface area contributed by atoms with Gasteiger partial charge < -0.3 is 10.2 Å². The Hall–Kier alpha value is -3.95. The minimum atomic E-state index is -4.47. The van der Waals surface area contributed by atoms with Crippen molar-refractivity contribution in [3.05, 3.63) is 82.1 Å². The zero-order chi connectivity index (χ0) is 26.4. The summed E-state index contributed by atoms with van der Waals surface area (Å²) in [5, 5.41) is 8.58. The molecule has 3 aromatic rings. The molecule has 194 valence electrons. The van der Waals surface area contributed by atoms with E-state index in [0.29, 0.717) is 19.5 Å². The van der Waals surface area contributed by atoms with E-state index in [0.717, 1.165) is 52.6 Å². The molecule has 1 N–H and O–H groups in total. The first-order valence-electron chi connectivity index (χ1n) is 12.8. The second kappa shape index (κ2) is 7.55. The quantitative estimate of drug-likeness (QED) is 0.532. The number of benzene rings is 1. The molecule has 0 saturated heterocycles. The van der Waals surface area contributed by atoms with Crippen molar-refractivity contribution in [2.45, 2.75) is 57.4 Å². The summed E-state index contributed by atoms with van der Waals surface area (Å²) in [6.45, 7) is 7.43. The zero-order valence-corrected chi connectivity index (χ0v) is 21.3. The highest BCUT2D eigenvalue weighted by molar-refractivity contribution is 5.96. The molecule has 0 bridgehead atoms. The van der Waals surface area contributed by atoms with E-state index in [9.17, 15) is 13.2 Å². The molecule has 4 aliphatic heterocycles. The van der Waals surface area contributed by atoms with E-state index in [1.165, 1.54) is 11.1 Å². The first kappa shape index (κ1) is 23.2. The fourth-order valence-corrected chi connectivity index (χ4v) is 6.34. The van der Waals surface area contributed by atoms with E-state index in [1.54, 1.807) is 0 Å². The topological polar surface area (TPSA) is 71.2 Å². The zero-order valence-electron chi connectivity index (χ0n) is 21.3. The van der Waals surface area contributed by atoms with Crippen LogP contribution >= 0.6 is 0 Å². The van der Waals surface area contributed by atoms with Gasteiger partial charge >= 0.3 is 6.18 Å². The normalized spacial score (nSPS) is 24.9. The highest BCUT2D eigenvalue weighted by Gasteiger charge is 2.50. The fraction of sp³-hybridized carbons (Fsp3) is 0.357. The number of fused-ring (bicyclic) bond motifs is 9. The summed E-state index contributed by atoms with van der Waals surface area (Å²) in [4.78, 5) is 15.2. The Morgan fingerprint density at radius 1 is 1.13 bits per heavy atom. The molecule has 2 unspecified atom stereocenters. The van der Waals surface area contributed by atoms with Crippen LogP contribution in [-0.4, -0.2) is 38.0 Å². The van der Waals surface area contributed by atoms with Gasteiger partial charge in [0.1, 0.15) is 5.54 Å². The minimum absolute atomic E-state index is 0.278. The highest BCUT2D eigenvalue weighted by atomic mass is 19.4. The molecule has 38 heavy (non-hydrogen) atoms. The molecule has 7 rings (SSSR count). The lowest BCUT2D eigenvalue weighted by Gasteiger charge is -2.43. The van der Waals surface area contributed by atoms with E-state index in [2.05, 4.69) is 65.0 Å². The van der Waals surface area contributed by atoms with Crippen molar-refractivity contribution in [1.82, 2.24) is 25.1 Å². The SMILES string of the molecule is CCc1cccc2c1-n1nc3c(c1C1(C)N=CC4(C)NC=CC4=C21)CN(c1ncc(C(F)(F)F)cn1)CC3. The van der Waals surface area contributed by atoms with Crippen LogP contribution in [0.2, 0.25) is 0 Å². The predicted molar refractivity (Wildman–Crippen MR) is 138 cm³/mol. The van der Waals surface area contributed by atoms with Crippen LogP contribution in [0.3, 0.4) is 0 Å². The summed E-state index contributed by atoms with van der Waals surface area (Å²) in [6, 6.07) is 6.41. The number of alkyl halides is 3. The second-order valence-corrected chi connectivity index (χ2v) is 10.6. The summed E-state index contributed by atoms with van der Waals surface area (Å²) in [7, 11) is 0. The van der Waals surface area contributed by atoms with Crippen LogP contribution in [0.1, 0.15) is 54.4 Å². The fourth-order valence-electron chi connectivity index (χ4n) is 6.34. The number of nitrogens with one attached hydrogen (secondary N) is 1. The Bertz CT molecular complexity index is 1580. The third-order valence-electron chi connectivity index (χ3n) is 8.26. The number of dihydropyridines is 1. The number of nitrogens with zero attached hydrogens (tertiary/aromatic N) is 6. The number of aryl methyl sites for hydroxylation is 1. The average molecular weight is 518 g/mol. The summed E-state index contributed by atoms with van der Waals surface area (Å²) >= 11 is 0. The Morgan fingerprint density at radius 3 is 2.66 bits per heavy atom. The van der Waals surface area contributed by atoms with Gasteiger partial charge in [0.05, 0.1) is 28.2 Å². The number of aromatic nitrogens is 4. The minimum Gasteiger partial charge on any atom is -0.377 e. The van der Waals surface area contributed by atoms with Gasteiger partial charge in [-0.1, -0.05) is 25.1 Å². The molecular weight excluding hydrogens is 491 g/mol. The van der Waals surface area contributed by atoms with Gasteiger partial charge in [0.15, 0.2) is 0 Å². The van der Waals surface area contributed by atoms with Crippen molar-refractivity contribution in [2.24, 2.45) is 4.99 Å². The van der Waals surface area contributed by atoms with Crippen molar-refractivity contribution in [3.63, 3.8) is 0 Å². The Balaban J connectivity index is 1.42. The van der Waals surface area contributed by atoms with E-state index >= 15 is 0 Å². The number of hydrogen-bond donors (Lipinski definition) is 1. The number of halogens is 3. The van der Waals surface area contributed by atoms with E-state index in [-0.39, 0.29) is 5.95 Å². The largest absolute Gasteiger partial charge is 0.419 e. The second-order valence-electron chi connectivity index (χ2n) is 10.6. The van der Waals surface area contributed by atoms with Crippen LogP contribution in [0, 0.1) is 0 Å². The van der Waals surface area contributed by atoms with Gasteiger partial charge in [0.25, 0.3) is 0 Å². The van der Waals surface area contributed by atoms with Crippen LogP contribution in [0.5, 0.6) is 0 Å². The highest BCUT2D eigenvalue weighted by Crippen LogP contribution is 2.54. The van der Waals surface area contributed by atoms with Gasteiger partial charge in [-0.15, -0.1) is 0 Å². The molecule has 0 amide bonds. The first-order valence-corrected chi connectivity index (χ1v) is 12.8. The van der Waals surface area contributed by atoms with Crippen molar-refractivity contribution in [1.29, 1.82) is 0 Å². The number of para-hydroxylation sites is 1. The number of hydrogen-bond acceptors (Lipinski definition) is 6. The molecule has 0 spiro atoms. The maximum atomic E-state index is 13.1. The van der Waals surface area contributed by atoms with Crippen LogP contribution in [-0.2, 0) is 31.1 Å². The van der Waals surface area contributed by atoms with Crippen LogP contribution in [0.4, 0.5) is 19.1 Å². The van der Waals surface area contributed by atoms with Crippen molar-refractivity contribution in [2.75, 3.05) is 11.4 Å². The molecule has 0 aliphatic carbocycles. The molecule has 6 heterocycles. The molecule has 10 heteroatoms. The molecule has 4 aliphatic rings. The molecule has 0 radical (unpaired) electrons. The Morgan fingerprint density at radius 2 is 1.92 bits per heavy atom. The number of aliphatic imine (C=N–C) groups is 1. The van der Waals surface area contributed by atoms with E-state index < -0.39 is 22.8 Å². The lowest BCUT2D eigenvalue weighted by molar-refractivity contribution is -0.138.